The molecule has 1 amide bonds. The second kappa shape index (κ2) is 6.15. The van der Waals surface area contributed by atoms with Gasteiger partial charge >= 0.3 is 12.3 Å². The minimum absolute atomic E-state index is 0.362. The maximum absolute atomic E-state index is 12.0. The molecule has 3 nitrogen and oxygen atoms in total. The number of carbonyl (C=O) groups excluding carboxylic acids is 1. The van der Waals surface area contributed by atoms with Gasteiger partial charge in [-0.05, 0) is 11.0 Å². The first kappa shape index (κ1) is 16.3. The third kappa shape index (κ3) is 5.50. The molecule has 0 aliphatic heterocycles. The molecule has 1 rings (SSSR count). The third-order valence-corrected chi connectivity index (χ3v) is 2.63. The first-order valence-electron chi connectivity index (χ1n) is 6.14. The fourth-order valence-corrected chi connectivity index (χ4v) is 1.75. The van der Waals surface area contributed by atoms with Gasteiger partial charge in [-0.25, -0.2) is 4.79 Å². The highest BCUT2D eigenvalue weighted by molar-refractivity contribution is 5.68. The van der Waals surface area contributed by atoms with Gasteiger partial charge in [-0.3, -0.25) is 0 Å². The van der Waals surface area contributed by atoms with Gasteiger partial charge < -0.3 is 10.1 Å². The lowest BCUT2D eigenvalue weighted by Crippen LogP contribution is -2.38. The molecule has 1 unspecified atom stereocenters. The van der Waals surface area contributed by atoms with Crippen LogP contribution < -0.4 is 5.32 Å². The highest BCUT2D eigenvalue weighted by Crippen LogP contribution is 2.32. The van der Waals surface area contributed by atoms with E-state index in [0.717, 1.165) is 5.56 Å². The van der Waals surface area contributed by atoms with Crippen LogP contribution in [0.25, 0.3) is 0 Å². The van der Waals surface area contributed by atoms with E-state index in [-0.39, 0.29) is 5.41 Å². The number of nitrogens with one attached hydrogen (secondary N) is 1. The summed E-state index contributed by atoms with van der Waals surface area (Å²) in [5, 5.41) is 2.48. The molecule has 0 radical (unpaired) electrons. The zero-order valence-corrected chi connectivity index (χ0v) is 11.6. The van der Waals surface area contributed by atoms with E-state index in [0.29, 0.717) is 0 Å². The van der Waals surface area contributed by atoms with E-state index in [1.54, 1.807) is 24.3 Å². The zero-order valence-electron chi connectivity index (χ0n) is 11.6. The minimum Gasteiger partial charge on any atom is -0.440 e. The standard InChI is InChI=1S/C14H18F3NO2/c1-13(2,3)11(10-7-5-4-6-8-10)18-12(19)20-9-14(15,16)17/h4-8,11H,9H2,1-3H3,(H,18,19). The Morgan fingerprint density at radius 3 is 2.20 bits per heavy atom. The molecule has 1 N–H and O–H groups in total. The van der Waals surface area contributed by atoms with Crippen molar-refractivity contribution in [3.05, 3.63) is 35.9 Å². The Balaban J connectivity index is 2.75. The second-order valence-electron chi connectivity index (χ2n) is 5.55. The van der Waals surface area contributed by atoms with E-state index < -0.39 is 24.9 Å². The van der Waals surface area contributed by atoms with Crippen LogP contribution in [-0.2, 0) is 4.74 Å². The molecule has 112 valence electrons. The van der Waals surface area contributed by atoms with Crippen molar-refractivity contribution in [2.24, 2.45) is 5.41 Å². The van der Waals surface area contributed by atoms with Gasteiger partial charge in [-0.1, -0.05) is 51.1 Å². The average molecular weight is 289 g/mol. The molecule has 0 saturated carbocycles. The van der Waals surface area contributed by atoms with Crippen molar-refractivity contribution in [1.82, 2.24) is 5.32 Å². The molecule has 0 heterocycles. The molecule has 0 fully saturated rings. The van der Waals surface area contributed by atoms with Gasteiger partial charge in [0.1, 0.15) is 0 Å². The van der Waals surface area contributed by atoms with Crippen molar-refractivity contribution in [3.8, 4) is 0 Å². The van der Waals surface area contributed by atoms with Crippen LogP contribution in [0.1, 0.15) is 32.4 Å². The lowest BCUT2D eigenvalue weighted by atomic mass is 9.82. The van der Waals surface area contributed by atoms with Crippen molar-refractivity contribution in [2.45, 2.75) is 33.0 Å². The molecule has 0 aliphatic carbocycles. The van der Waals surface area contributed by atoms with Crippen molar-refractivity contribution >= 4 is 6.09 Å². The maximum Gasteiger partial charge on any atom is 0.422 e. The van der Waals surface area contributed by atoms with Crippen LogP contribution in [0.15, 0.2) is 30.3 Å². The maximum atomic E-state index is 12.0. The molecular formula is C14H18F3NO2. The fourth-order valence-electron chi connectivity index (χ4n) is 1.75. The van der Waals surface area contributed by atoms with Crippen LogP contribution in [0, 0.1) is 5.41 Å². The summed E-state index contributed by atoms with van der Waals surface area (Å²) in [5.41, 5.74) is 0.447. The number of alkyl carbamates (subject to hydrolysis) is 1. The quantitative estimate of drug-likeness (QED) is 0.911. The van der Waals surface area contributed by atoms with Crippen LogP contribution in [0.5, 0.6) is 0 Å². The molecule has 1 aromatic carbocycles. The zero-order chi connectivity index (χ0) is 15.4. The highest BCUT2D eigenvalue weighted by atomic mass is 19.4. The number of carbonyl (C=O) groups is 1. The number of ether oxygens (including phenoxy) is 1. The number of alkyl halides is 3. The lowest BCUT2D eigenvalue weighted by molar-refractivity contribution is -0.160. The summed E-state index contributed by atoms with van der Waals surface area (Å²) in [5.74, 6) is 0. The average Bonchev–Trinajstić information content (AvgIpc) is 2.32. The van der Waals surface area contributed by atoms with Crippen LogP contribution in [0.3, 0.4) is 0 Å². The second-order valence-corrected chi connectivity index (χ2v) is 5.55. The summed E-state index contributed by atoms with van der Waals surface area (Å²) >= 11 is 0. The van der Waals surface area contributed by atoms with Crippen LogP contribution >= 0.6 is 0 Å². The van der Waals surface area contributed by atoms with Gasteiger partial charge in [0.25, 0.3) is 0 Å². The number of amides is 1. The summed E-state index contributed by atoms with van der Waals surface area (Å²) < 4.78 is 40.2. The Hall–Kier alpha value is -1.72. The SMILES string of the molecule is CC(C)(C)C(NC(=O)OCC(F)(F)F)c1ccccc1. The topological polar surface area (TPSA) is 38.3 Å². The van der Waals surface area contributed by atoms with Crippen LogP contribution in [0.4, 0.5) is 18.0 Å². The van der Waals surface area contributed by atoms with Crippen molar-refractivity contribution in [1.29, 1.82) is 0 Å². The number of benzene rings is 1. The summed E-state index contributed by atoms with van der Waals surface area (Å²) in [7, 11) is 0. The molecule has 0 saturated heterocycles. The molecule has 0 aromatic heterocycles. The van der Waals surface area contributed by atoms with Gasteiger partial charge in [-0.2, -0.15) is 13.2 Å². The van der Waals surface area contributed by atoms with Crippen LogP contribution in [-0.4, -0.2) is 18.9 Å². The van der Waals surface area contributed by atoms with E-state index in [9.17, 15) is 18.0 Å². The molecule has 0 bridgehead atoms. The molecule has 1 atom stereocenters. The molecular weight excluding hydrogens is 271 g/mol. The summed E-state index contributed by atoms with van der Waals surface area (Å²) in [6, 6.07) is 8.60. The number of hydrogen-bond acceptors (Lipinski definition) is 2. The van der Waals surface area contributed by atoms with E-state index in [1.165, 1.54) is 0 Å². The van der Waals surface area contributed by atoms with Gasteiger partial charge in [0.15, 0.2) is 6.61 Å². The largest absolute Gasteiger partial charge is 0.440 e. The smallest absolute Gasteiger partial charge is 0.422 e. The normalized spacial score (nSPS) is 13.7. The Kier molecular flexibility index (Phi) is 5.03. The first-order valence-corrected chi connectivity index (χ1v) is 6.14. The lowest BCUT2D eigenvalue weighted by Gasteiger charge is -2.31. The molecule has 20 heavy (non-hydrogen) atoms. The fraction of sp³-hybridized carbons (Fsp3) is 0.500. The first-order chi connectivity index (χ1) is 9.09. The van der Waals surface area contributed by atoms with Crippen molar-refractivity contribution < 1.29 is 22.7 Å². The Morgan fingerprint density at radius 1 is 1.20 bits per heavy atom. The molecule has 0 aliphatic rings. The van der Waals surface area contributed by atoms with E-state index in [1.807, 2.05) is 26.8 Å². The highest BCUT2D eigenvalue weighted by Gasteiger charge is 2.32. The summed E-state index contributed by atoms with van der Waals surface area (Å²) in [6.45, 7) is 4.06. The van der Waals surface area contributed by atoms with Crippen molar-refractivity contribution in [3.63, 3.8) is 0 Å². The van der Waals surface area contributed by atoms with Gasteiger partial charge in [-0.15, -0.1) is 0 Å². The monoisotopic (exact) mass is 289 g/mol. The van der Waals surface area contributed by atoms with E-state index in [4.69, 9.17) is 0 Å². The Bertz CT molecular complexity index is 438. The molecule has 0 spiro atoms. The van der Waals surface area contributed by atoms with Gasteiger partial charge in [0, 0.05) is 0 Å². The van der Waals surface area contributed by atoms with E-state index >= 15 is 0 Å². The van der Waals surface area contributed by atoms with Crippen LogP contribution in [0.2, 0.25) is 0 Å². The summed E-state index contributed by atoms with van der Waals surface area (Å²) in [6.07, 6.45) is -5.60. The number of rotatable bonds is 3. The van der Waals surface area contributed by atoms with E-state index in [2.05, 4.69) is 10.1 Å². The minimum atomic E-state index is -4.53. The Morgan fingerprint density at radius 2 is 1.75 bits per heavy atom. The number of halogens is 3. The predicted octanol–water partition coefficient (Wildman–Crippen LogP) is 4.06. The predicted molar refractivity (Wildman–Crippen MR) is 69.2 cm³/mol. The summed E-state index contributed by atoms with van der Waals surface area (Å²) in [4.78, 5) is 11.5. The Labute approximate surface area is 116 Å². The molecule has 6 heteroatoms. The van der Waals surface area contributed by atoms with Gasteiger partial charge in [0.05, 0.1) is 6.04 Å². The third-order valence-electron chi connectivity index (χ3n) is 2.63. The van der Waals surface area contributed by atoms with Crippen molar-refractivity contribution in [2.75, 3.05) is 6.61 Å². The number of hydrogen-bond donors (Lipinski definition) is 1. The van der Waals surface area contributed by atoms with Gasteiger partial charge in [0.2, 0.25) is 0 Å². The molecule has 1 aromatic rings.